The summed E-state index contributed by atoms with van der Waals surface area (Å²) in [5, 5.41) is 8.87. The number of para-hydroxylation sites is 1. The molecule has 0 heterocycles. The summed E-state index contributed by atoms with van der Waals surface area (Å²) in [6.45, 7) is 2.84. The minimum atomic E-state index is -1.02. The SMILES string of the molecule is CC(=O)N(c1ccccc1)C(C)C(=O)O.N. The maximum atomic E-state index is 11.4. The lowest BCUT2D eigenvalue weighted by atomic mass is 10.2. The Bertz CT molecular complexity index is 365. The largest absolute Gasteiger partial charge is 0.480 e. The van der Waals surface area contributed by atoms with E-state index in [4.69, 9.17) is 5.11 Å². The second-order valence-corrected chi connectivity index (χ2v) is 3.24. The Labute approximate surface area is 94.3 Å². The molecule has 88 valence electrons. The van der Waals surface area contributed by atoms with Crippen LogP contribution >= 0.6 is 0 Å². The molecule has 1 rings (SSSR count). The van der Waals surface area contributed by atoms with Crippen LogP contribution in [-0.4, -0.2) is 23.0 Å². The maximum Gasteiger partial charge on any atom is 0.326 e. The fourth-order valence-electron chi connectivity index (χ4n) is 1.38. The van der Waals surface area contributed by atoms with Crippen molar-refractivity contribution in [3.63, 3.8) is 0 Å². The Balaban J connectivity index is 0.00000225. The molecule has 0 aliphatic heterocycles. The zero-order valence-corrected chi connectivity index (χ0v) is 9.38. The molecule has 16 heavy (non-hydrogen) atoms. The van der Waals surface area contributed by atoms with Crippen molar-refractivity contribution in [2.24, 2.45) is 0 Å². The lowest BCUT2D eigenvalue weighted by molar-refractivity contribution is -0.139. The molecular weight excluding hydrogens is 208 g/mol. The highest BCUT2D eigenvalue weighted by Gasteiger charge is 2.23. The van der Waals surface area contributed by atoms with E-state index in [0.717, 1.165) is 0 Å². The predicted octanol–water partition coefficient (Wildman–Crippen LogP) is 1.67. The summed E-state index contributed by atoms with van der Waals surface area (Å²) in [4.78, 5) is 23.4. The predicted molar refractivity (Wildman–Crippen MR) is 61.7 cm³/mol. The zero-order chi connectivity index (χ0) is 11.4. The van der Waals surface area contributed by atoms with Crippen LogP contribution in [0.3, 0.4) is 0 Å². The van der Waals surface area contributed by atoms with E-state index in [-0.39, 0.29) is 12.1 Å². The molecule has 0 aliphatic carbocycles. The quantitative estimate of drug-likeness (QED) is 0.816. The molecule has 1 amide bonds. The Morgan fingerprint density at radius 3 is 2.12 bits per heavy atom. The van der Waals surface area contributed by atoms with Gasteiger partial charge in [-0.25, -0.2) is 4.79 Å². The Hall–Kier alpha value is -1.88. The molecule has 1 aromatic rings. The first-order valence-corrected chi connectivity index (χ1v) is 4.61. The van der Waals surface area contributed by atoms with Crippen molar-refractivity contribution >= 4 is 17.6 Å². The monoisotopic (exact) mass is 224 g/mol. The van der Waals surface area contributed by atoms with E-state index in [2.05, 4.69) is 0 Å². The molecule has 4 N–H and O–H groups in total. The minimum Gasteiger partial charge on any atom is -0.480 e. The molecule has 1 atom stereocenters. The van der Waals surface area contributed by atoms with Crippen LogP contribution in [0.15, 0.2) is 30.3 Å². The highest BCUT2D eigenvalue weighted by atomic mass is 16.4. The van der Waals surface area contributed by atoms with Gasteiger partial charge in [-0.3, -0.25) is 9.69 Å². The number of aliphatic carboxylic acids is 1. The first-order chi connectivity index (χ1) is 7.04. The average Bonchev–Trinajstić information content (AvgIpc) is 2.18. The van der Waals surface area contributed by atoms with Crippen molar-refractivity contribution < 1.29 is 14.7 Å². The lowest BCUT2D eigenvalue weighted by Gasteiger charge is -2.25. The number of carboxylic acid groups (broad SMARTS) is 1. The van der Waals surface area contributed by atoms with E-state index < -0.39 is 12.0 Å². The number of amides is 1. The van der Waals surface area contributed by atoms with Crippen molar-refractivity contribution in [3.8, 4) is 0 Å². The van der Waals surface area contributed by atoms with Gasteiger partial charge >= 0.3 is 5.97 Å². The number of carboxylic acids is 1. The standard InChI is InChI=1S/C11H13NO3.H3N/c1-8(11(14)15)12(9(2)13)10-6-4-3-5-7-10;/h3-8H,1-2H3,(H,14,15);1H3. The van der Waals surface area contributed by atoms with Crippen molar-refractivity contribution in [3.05, 3.63) is 30.3 Å². The van der Waals surface area contributed by atoms with Crippen LogP contribution in [-0.2, 0) is 9.59 Å². The second-order valence-electron chi connectivity index (χ2n) is 3.24. The molecule has 1 unspecified atom stereocenters. The van der Waals surface area contributed by atoms with Crippen LogP contribution < -0.4 is 11.1 Å². The third-order valence-corrected chi connectivity index (χ3v) is 2.12. The summed E-state index contributed by atoms with van der Waals surface area (Å²) in [5.41, 5.74) is 0.597. The molecule has 1 aromatic carbocycles. The molecule has 0 saturated heterocycles. The van der Waals surface area contributed by atoms with Crippen LogP contribution in [0, 0.1) is 0 Å². The summed E-state index contributed by atoms with van der Waals surface area (Å²) >= 11 is 0. The van der Waals surface area contributed by atoms with Gasteiger partial charge in [0.05, 0.1) is 0 Å². The number of rotatable bonds is 3. The number of benzene rings is 1. The molecular formula is C11H16N2O3. The molecule has 0 fully saturated rings. The fourth-order valence-corrected chi connectivity index (χ4v) is 1.38. The van der Waals surface area contributed by atoms with Crippen molar-refractivity contribution in [2.45, 2.75) is 19.9 Å². The summed E-state index contributed by atoms with van der Waals surface area (Å²) < 4.78 is 0. The van der Waals surface area contributed by atoms with Crippen molar-refractivity contribution in [2.75, 3.05) is 4.90 Å². The molecule has 0 spiro atoms. The van der Waals surface area contributed by atoms with Crippen LogP contribution in [0.5, 0.6) is 0 Å². The van der Waals surface area contributed by atoms with E-state index in [1.807, 2.05) is 6.07 Å². The van der Waals surface area contributed by atoms with E-state index in [0.29, 0.717) is 5.69 Å². The van der Waals surface area contributed by atoms with Gasteiger partial charge < -0.3 is 11.3 Å². The molecule has 0 radical (unpaired) electrons. The topological polar surface area (TPSA) is 92.6 Å². The number of hydrogen-bond acceptors (Lipinski definition) is 3. The smallest absolute Gasteiger partial charge is 0.326 e. The van der Waals surface area contributed by atoms with E-state index in [9.17, 15) is 9.59 Å². The third kappa shape index (κ3) is 3.06. The van der Waals surface area contributed by atoms with Gasteiger partial charge in [-0.15, -0.1) is 0 Å². The number of carbonyl (C=O) groups is 2. The molecule has 5 nitrogen and oxygen atoms in total. The summed E-state index contributed by atoms with van der Waals surface area (Å²) in [6.07, 6.45) is 0. The van der Waals surface area contributed by atoms with Crippen molar-refractivity contribution in [1.29, 1.82) is 0 Å². The van der Waals surface area contributed by atoms with Crippen LogP contribution in [0.4, 0.5) is 5.69 Å². The van der Waals surface area contributed by atoms with E-state index >= 15 is 0 Å². The number of hydrogen-bond donors (Lipinski definition) is 2. The van der Waals surface area contributed by atoms with Crippen molar-refractivity contribution in [1.82, 2.24) is 6.15 Å². The van der Waals surface area contributed by atoms with Gasteiger partial charge in [0.15, 0.2) is 0 Å². The first kappa shape index (κ1) is 14.1. The van der Waals surface area contributed by atoms with Gasteiger partial charge in [0.1, 0.15) is 6.04 Å². The maximum absolute atomic E-state index is 11.4. The zero-order valence-electron chi connectivity index (χ0n) is 9.38. The Morgan fingerprint density at radius 2 is 1.75 bits per heavy atom. The highest BCUT2D eigenvalue weighted by Crippen LogP contribution is 2.16. The Morgan fingerprint density at radius 1 is 1.25 bits per heavy atom. The molecule has 5 heteroatoms. The number of anilines is 1. The number of nitrogens with zero attached hydrogens (tertiary/aromatic N) is 1. The van der Waals surface area contributed by atoms with E-state index in [1.165, 1.54) is 18.7 Å². The molecule has 0 aliphatic rings. The summed E-state index contributed by atoms with van der Waals surface area (Å²) in [6, 6.07) is 7.90. The van der Waals surface area contributed by atoms with Gasteiger partial charge in [-0.1, -0.05) is 18.2 Å². The van der Waals surface area contributed by atoms with E-state index in [1.54, 1.807) is 24.3 Å². The lowest BCUT2D eigenvalue weighted by Crippen LogP contribution is -2.42. The molecule has 0 aromatic heterocycles. The van der Waals surface area contributed by atoms with Crippen LogP contribution in [0.25, 0.3) is 0 Å². The Kier molecular flexibility index (Phi) is 5.18. The number of carbonyl (C=O) groups excluding carboxylic acids is 1. The first-order valence-electron chi connectivity index (χ1n) is 4.61. The summed E-state index contributed by atoms with van der Waals surface area (Å²) in [5.74, 6) is -1.30. The van der Waals surface area contributed by atoms with Gasteiger partial charge in [0.25, 0.3) is 0 Å². The fraction of sp³-hybridized carbons (Fsp3) is 0.273. The van der Waals surface area contributed by atoms with Crippen LogP contribution in [0.2, 0.25) is 0 Å². The van der Waals surface area contributed by atoms with Gasteiger partial charge in [0.2, 0.25) is 5.91 Å². The van der Waals surface area contributed by atoms with Gasteiger partial charge in [0, 0.05) is 12.6 Å². The van der Waals surface area contributed by atoms with Gasteiger partial charge in [-0.05, 0) is 19.1 Å². The second kappa shape index (κ2) is 5.87. The van der Waals surface area contributed by atoms with Gasteiger partial charge in [-0.2, -0.15) is 0 Å². The molecule has 0 bridgehead atoms. The van der Waals surface area contributed by atoms with Crippen LogP contribution in [0.1, 0.15) is 13.8 Å². The highest BCUT2D eigenvalue weighted by molar-refractivity contribution is 5.97. The minimum absolute atomic E-state index is 0. The normalized spacial score (nSPS) is 11.1. The average molecular weight is 224 g/mol. The molecule has 0 saturated carbocycles. The summed E-state index contributed by atoms with van der Waals surface area (Å²) in [7, 11) is 0. The third-order valence-electron chi connectivity index (χ3n) is 2.12.